The molecule has 0 aliphatic rings. The molecule has 0 aliphatic carbocycles. The summed E-state index contributed by atoms with van der Waals surface area (Å²) < 4.78 is 3.20. The number of nitro groups is 1. The van der Waals surface area contributed by atoms with Gasteiger partial charge in [-0.3, -0.25) is 34.0 Å². The number of carbonyl (C=O) groups excluding carboxylic acids is 3. The van der Waals surface area contributed by atoms with Crippen LogP contribution in [0.3, 0.4) is 0 Å². The summed E-state index contributed by atoms with van der Waals surface area (Å²) in [5, 5.41) is 18.7. The van der Waals surface area contributed by atoms with Crippen LogP contribution in [0.2, 0.25) is 0 Å². The Hall–Kier alpha value is -6.99. The van der Waals surface area contributed by atoms with Crippen LogP contribution in [-0.2, 0) is 16.6 Å². The van der Waals surface area contributed by atoms with E-state index in [1.165, 1.54) is 46.8 Å². The summed E-state index contributed by atoms with van der Waals surface area (Å²) in [5.74, 6) is -1.52. The van der Waals surface area contributed by atoms with Crippen molar-refractivity contribution in [3.8, 4) is 5.69 Å². The van der Waals surface area contributed by atoms with Crippen LogP contribution in [0, 0.1) is 17.0 Å². The zero-order chi connectivity index (χ0) is 38.2. The third-order valence-corrected chi connectivity index (χ3v) is 9.72. The van der Waals surface area contributed by atoms with E-state index in [0.717, 1.165) is 5.56 Å². The summed E-state index contributed by atoms with van der Waals surface area (Å²) in [4.78, 5) is 65.4. The lowest BCUT2D eigenvalue weighted by Gasteiger charge is -2.17. The number of carbonyl (C=O) groups is 3. The van der Waals surface area contributed by atoms with Crippen LogP contribution >= 0.6 is 11.8 Å². The Morgan fingerprint density at radius 2 is 1.37 bits per heavy atom. The van der Waals surface area contributed by atoms with Crippen LogP contribution in [-0.4, -0.2) is 32.0 Å². The highest BCUT2D eigenvalue weighted by molar-refractivity contribution is 8.00. The zero-order valence-corrected chi connectivity index (χ0v) is 29.9. The smallest absolute Gasteiger partial charge is 0.295 e. The van der Waals surface area contributed by atoms with Gasteiger partial charge in [0, 0.05) is 35.3 Å². The quantitative estimate of drug-likeness (QED) is 0.0516. The number of aromatic nitrogens is 2. The minimum absolute atomic E-state index is 0.0838. The van der Waals surface area contributed by atoms with Crippen LogP contribution in [0.1, 0.15) is 32.4 Å². The van der Waals surface area contributed by atoms with E-state index in [1.54, 1.807) is 73.3 Å². The molecule has 1 atom stereocenters. The van der Waals surface area contributed by atoms with Gasteiger partial charge in [-0.1, -0.05) is 66.7 Å². The van der Waals surface area contributed by atoms with Gasteiger partial charge >= 0.3 is 0 Å². The Bertz CT molecular complexity index is 2390. The van der Waals surface area contributed by atoms with Gasteiger partial charge in [0.1, 0.15) is 16.6 Å². The summed E-state index contributed by atoms with van der Waals surface area (Å²) in [7, 11) is 1.76. The van der Waals surface area contributed by atoms with E-state index in [2.05, 4.69) is 16.0 Å². The normalized spacial score (nSPS) is 11.7. The molecule has 0 saturated heterocycles. The summed E-state index contributed by atoms with van der Waals surface area (Å²) in [6, 6.07) is 39.2. The van der Waals surface area contributed by atoms with Crippen molar-refractivity contribution >= 4 is 52.6 Å². The molecular weight excluding hydrogens is 705 g/mol. The average molecular weight is 739 g/mol. The molecular formula is C41H34N6O6S. The lowest BCUT2D eigenvalue weighted by Crippen LogP contribution is -2.30. The molecule has 3 amide bonds. The number of nitro benzene ring substituents is 1. The second-order valence-electron chi connectivity index (χ2n) is 12.0. The second kappa shape index (κ2) is 16.6. The second-order valence-corrected chi connectivity index (χ2v) is 13.2. The Morgan fingerprint density at radius 1 is 0.778 bits per heavy atom. The van der Waals surface area contributed by atoms with Crippen molar-refractivity contribution in [1.29, 1.82) is 0 Å². The van der Waals surface area contributed by atoms with Gasteiger partial charge in [-0.15, -0.1) is 11.8 Å². The first-order valence-corrected chi connectivity index (χ1v) is 17.6. The molecule has 0 saturated carbocycles. The number of non-ortho nitro benzene ring substituents is 1. The number of hydrogen-bond donors (Lipinski definition) is 3. The van der Waals surface area contributed by atoms with Crippen molar-refractivity contribution in [2.75, 3.05) is 10.6 Å². The van der Waals surface area contributed by atoms with E-state index in [0.29, 0.717) is 33.1 Å². The monoisotopic (exact) mass is 738 g/mol. The molecule has 0 fully saturated rings. The van der Waals surface area contributed by atoms with Gasteiger partial charge in [-0.05, 0) is 84.8 Å². The number of para-hydroxylation sites is 1. The number of anilines is 2. The fourth-order valence-electron chi connectivity index (χ4n) is 5.55. The van der Waals surface area contributed by atoms with Crippen molar-refractivity contribution in [2.24, 2.45) is 7.05 Å². The molecule has 0 bridgehead atoms. The largest absolute Gasteiger partial charge is 0.321 e. The lowest BCUT2D eigenvalue weighted by atomic mass is 10.1. The fourth-order valence-corrected chi connectivity index (χ4v) is 6.58. The molecule has 3 N–H and O–H groups in total. The molecule has 6 rings (SSSR count). The van der Waals surface area contributed by atoms with E-state index in [-0.39, 0.29) is 28.5 Å². The molecule has 13 heteroatoms. The molecule has 5 aromatic carbocycles. The number of hydrogen-bond acceptors (Lipinski definition) is 7. The van der Waals surface area contributed by atoms with Crippen LogP contribution in [0.4, 0.5) is 17.1 Å². The highest BCUT2D eigenvalue weighted by atomic mass is 32.2. The number of rotatable bonds is 12. The third-order valence-electron chi connectivity index (χ3n) is 8.45. The number of benzene rings is 5. The van der Waals surface area contributed by atoms with Gasteiger partial charge in [0.05, 0.1) is 16.3 Å². The molecule has 1 heterocycles. The van der Waals surface area contributed by atoms with Gasteiger partial charge in [-0.25, -0.2) is 4.68 Å². The highest BCUT2D eigenvalue weighted by Crippen LogP contribution is 2.37. The van der Waals surface area contributed by atoms with E-state index < -0.39 is 22.0 Å². The van der Waals surface area contributed by atoms with E-state index in [1.807, 2.05) is 60.7 Å². The molecule has 12 nitrogen and oxygen atoms in total. The van der Waals surface area contributed by atoms with E-state index in [4.69, 9.17) is 0 Å². The van der Waals surface area contributed by atoms with Crippen LogP contribution in [0.15, 0.2) is 155 Å². The molecule has 6 aromatic rings. The third kappa shape index (κ3) is 8.54. The SMILES string of the molecule is Cc1c(NC(=O)C(Sc2ccc(NC(=O)/C(=C/c3ccc([N+](=O)[O-])cc3)NC(=O)c3ccccc3)cc2)c2ccccc2)c(=O)n(-c2ccccc2)n1C. The highest BCUT2D eigenvalue weighted by Gasteiger charge is 2.26. The lowest BCUT2D eigenvalue weighted by molar-refractivity contribution is -0.384. The number of thioether (sulfide) groups is 1. The topological polar surface area (TPSA) is 157 Å². The molecule has 0 aliphatic heterocycles. The maximum absolute atomic E-state index is 13.9. The van der Waals surface area contributed by atoms with Crippen molar-refractivity contribution < 1.29 is 19.3 Å². The standard InChI is InChI=1S/C41H34N6O6S/c1-27-36(41(51)46(45(27)2)32-16-10-5-11-17-32)44-40(50)37(29-12-6-3-7-13-29)54-34-24-20-31(21-25-34)42-39(49)35(43-38(48)30-14-8-4-9-15-30)26-28-18-22-33(23-19-28)47(52)53/h3-26,37H,1-2H3,(H,42,49)(H,43,48)(H,44,50)/b35-26-. The molecule has 1 aromatic heterocycles. The Kier molecular flexibility index (Phi) is 11.3. The minimum atomic E-state index is -0.736. The van der Waals surface area contributed by atoms with Crippen molar-refractivity contribution in [2.45, 2.75) is 17.1 Å². The van der Waals surface area contributed by atoms with Crippen molar-refractivity contribution in [3.05, 3.63) is 188 Å². The molecule has 0 radical (unpaired) electrons. The van der Waals surface area contributed by atoms with Gasteiger partial charge in [0.2, 0.25) is 5.91 Å². The molecule has 270 valence electrons. The van der Waals surface area contributed by atoms with Crippen LogP contribution < -0.4 is 21.5 Å². The minimum Gasteiger partial charge on any atom is -0.321 e. The maximum Gasteiger partial charge on any atom is 0.295 e. The summed E-state index contributed by atoms with van der Waals surface area (Å²) in [5.41, 5.74) is 2.83. The fraction of sp³-hybridized carbons (Fsp3) is 0.0732. The summed E-state index contributed by atoms with van der Waals surface area (Å²) in [6.07, 6.45) is 1.43. The maximum atomic E-state index is 13.9. The number of amides is 3. The van der Waals surface area contributed by atoms with Crippen LogP contribution in [0.5, 0.6) is 0 Å². The molecule has 1 unspecified atom stereocenters. The first-order chi connectivity index (χ1) is 26.1. The van der Waals surface area contributed by atoms with E-state index >= 15 is 0 Å². The van der Waals surface area contributed by atoms with Crippen molar-refractivity contribution in [3.63, 3.8) is 0 Å². The number of nitrogens with zero attached hydrogens (tertiary/aromatic N) is 3. The summed E-state index contributed by atoms with van der Waals surface area (Å²) in [6.45, 7) is 1.77. The Balaban J connectivity index is 1.21. The first kappa shape index (κ1) is 36.8. The van der Waals surface area contributed by atoms with Crippen LogP contribution in [0.25, 0.3) is 11.8 Å². The predicted molar refractivity (Wildman–Crippen MR) is 209 cm³/mol. The Labute approximate surface area is 314 Å². The van der Waals surface area contributed by atoms with Gasteiger partial charge in [0.25, 0.3) is 23.1 Å². The predicted octanol–water partition coefficient (Wildman–Crippen LogP) is 7.27. The first-order valence-electron chi connectivity index (χ1n) is 16.7. The molecule has 54 heavy (non-hydrogen) atoms. The van der Waals surface area contributed by atoms with E-state index in [9.17, 15) is 29.3 Å². The summed E-state index contributed by atoms with van der Waals surface area (Å²) >= 11 is 1.28. The van der Waals surface area contributed by atoms with Gasteiger partial charge in [0.15, 0.2) is 0 Å². The number of nitrogens with one attached hydrogen (secondary N) is 3. The average Bonchev–Trinajstić information content (AvgIpc) is 3.40. The van der Waals surface area contributed by atoms with Crippen molar-refractivity contribution in [1.82, 2.24) is 14.7 Å². The molecule has 0 spiro atoms. The Morgan fingerprint density at radius 3 is 1.98 bits per heavy atom. The van der Waals surface area contributed by atoms with Gasteiger partial charge in [-0.2, -0.15) is 0 Å². The zero-order valence-electron chi connectivity index (χ0n) is 29.1. The van der Waals surface area contributed by atoms with Gasteiger partial charge < -0.3 is 16.0 Å².